The predicted octanol–water partition coefficient (Wildman–Crippen LogP) is 4.89. The van der Waals surface area contributed by atoms with E-state index in [1.165, 1.54) is 12.1 Å². The molecule has 0 radical (unpaired) electrons. The number of rotatable bonds is 10. The third-order valence-electron chi connectivity index (χ3n) is 5.13. The summed E-state index contributed by atoms with van der Waals surface area (Å²) < 4.78 is 19.5. The fraction of sp³-hybridized carbons (Fsp3) is 0.231. The molecule has 0 aliphatic heterocycles. The van der Waals surface area contributed by atoms with Crippen LogP contribution in [0.1, 0.15) is 39.6 Å². The maximum absolute atomic E-state index is 13.4. The number of aliphatic carboxylic acids is 1. The molecule has 3 aromatic carbocycles. The van der Waals surface area contributed by atoms with Crippen molar-refractivity contribution in [2.75, 3.05) is 20.1 Å². The molecular formula is C26H26FNO4. The first-order valence-electron chi connectivity index (χ1n) is 10.4. The van der Waals surface area contributed by atoms with E-state index >= 15 is 0 Å². The number of benzene rings is 3. The van der Waals surface area contributed by atoms with E-state index in [0.717, 1.165) is 11.1 Å². The van der Waals surface area contributed by atoms with Crippen LogP contribution in [0.3, 0.4) is 0 Å². The molecule has 0 fully saturated rings. The molecule has 32 heavy (non-hydrogen) atoms. The summed E-state index contributed by atoms with van der Waals surface area (Å²) in [4.78, 5) is 25.3. The van der Waals surface area contributed by atoms with Gasteiger partial charge in [-0.1, -0.05) is 42.0 Å². The van der Waals surface area contributed by atoms with Crippen molar-refractivity contribution >= 4 is 11.8 Å². The van der Waals surface area contributed by atoms with Crippen molar-refractivity contribution in [1.82, 2.24) is 4.90 Å². The summed E-state index contributed by atoms with van der Waals surface area (Å²) in [6, 6.07) is 20.4. The number of ether oxygens (including phenoxy) is 1. The molecule has 1 unspecified atom stereocenters. The van der Waals surface area contributed by atoms with Crippen LogP contribution < -0.4 is 4.74 Å². The number of aryl methyl sites for hydroxylation is 1. The number of carboxylic acids is 1. The Morgan fingerprint density at radius 2 is 1.50 bits per heavy atom. The molecule has 0 bridgehead atoms. The monoisotopic (exact) mass is 435 g/mol. The lowest BCUT2D eigenvalue weighted by Gasteiger charge is -2.22. The van der Waals surface area contributed by atoms with Crippen LogP contribution >= 0.6 is 0 Å². The summed E-state index contributed by atoms with van der Waals surface area (Å²) in [6.07, 6.45) is 0.116. The van der Waals surface area contributed by atoms with E-state index in [4.69, 9.17) is 9.84 Å². The standard InChI is InChI=1S/C26H26FNO4/c1-18-3-5-20(6-4-18)26(31)21-9-13-23(14-10-21)32-24(15-16-28(2)17-25(29)30)19-7-11-22(27)12-8-19/h3-14,24H,15-17H2,1-2H3,(H,29,30). The van der Waals surface area contributed by atoms with Gasteiger partial charge in [-0.3, -0.25) is 14.5 Å². The second kappa shape index (κ2) is 10.7. The number of carboxylic acid groups (broad SMARTS) is 1. The molecule has 1 atom stereocenters. The van der Waals surface area contributed by atoms with Gasteiger partial charge in [0.2, 0.25) is 0 Å². The Morgan fingerprint density at radius 1 is 0.938 bits per heavy atom. The lowest BCUT2D eigenvalue weighted by atomic mass is 10.0. The normalized spacial score (nSPS) is 11.9. The number of carbonyl (C=O) groups is 2. The second-order valence-corrected chi connectivity index (χ2v) is 7.80. The molecule has 0 amide bonds. The van der Waals surface area contributed by atoms with Crippen molar-refractivity contribution in [3.63, 3.8) is 0 Å². The van der Waals surface area contributed by atoms with Crippen LogP contribution in [-0.2, 0) is 4.79 Å². The van der Waals surface area contributed by atoms with Crippen molar-refractivity contribution < 1.29 is 23.8 Å². The second-order valence-electron chi connectivity index (χ2n) is 7.80. The number of ketones is 1. The Labute approximate surface area is 187 Å². The molecule has 0 aliphatic carbocycles. The summed E-state index contributed by atoms with van der Waals surface area (Å²) in [5.74, 6) is -0.738. The number of carbonyl (C=O) groups excluding carboxylic acids is 1. The zero-order chi connectivity index (χ0) is 23.1. The maximum Gasteiger partial charge on any atom is 0.317 e. The van der Waals surface area contributed by atoms with Crippen LogP contribution in [0.4, 0.5) is 4.39 Å². The topological polar surface area (TPSA) is 66.8 Å². The fourth-order valence-electron chi connectivity index (χ4n) is 3.34. The molecular weight excluding hydrogens is 409 g/mol. The van der Waals surface area contributed by atoms with E-state index in [-0.39, 0.29) is 18.1 Å². The Balaban J connectivity index is 1.73. The molecule has 3 aromatic rings. The smallest absolute Gasteiger partial charge is 0.317 e. The van der Waals surface area contributed by atoms with Gasteiger partial charge in [0.05, 0.1) is 6.54 Å². The largest absolute Gasteiger partial charge is 0.486 e. The summed E-state index contributed by atoms with van der Waals surface area (Å²) in [7, 11) is 1.72. The highest BCUT2D eigenvalue weighted by molar-refractivity contribution is 6.09. The van der Waals surface area contributed by atoms with Crippen LogP contribution in [0.2, 0.25) is 0 Å². The Hall–Kier alpha value is -3.51. The molecule has 5 nitrogen and oxygen atoms in total. The Morgan fingerprint density at radius 3 is 2.06 bits per heavy atom. The van der Waals surface area contributed by atoms with Crippen LogP contribution in [0.15, 0.2) is 72.8 Å². The number of halogens is 1. The minimum Gasteiger partial charge on any atom is -0.486 e. The lowest BCUT2D eigenvalue weighted by Crippen LogP contribution is -2.28. The SMILES string of the molecule is Cc1ccc(C(=O)c2ccc(OC(CCN(C)CC(=O)O)c3ccc(F)cc3)cc2)cc1. The van der Waals surface area contributed by atoms with Crippen LogP contribution in [0, 0.1) is 12.7 Å². The van der Waals surface area contributed by atoms with E-state index < -0.39 is 12.1 Å². The maximum atomic E-state index is 13.4. The van der Waals surface area contributed by atoms with Gasteiger partial charge in [0, 0.05) is 24.1 Å². The van der Waals surface area contributed by atoms with Gasteiger partial charge in [-0.15, -0.1) is 0 Å². The van der Waals surface area contributed by atoms with Gasteiger partial charge in [-0.2, -0.15) is 0 Å². The fourth-order valence-corrected chi connectivity index (χ4v) is 3.34. The molecule has 1 N–H and O–H groups in total. The predicted molar refractivity (Wildman–Crippen MR) is 121 cm³/mol. The Bertz CT molecular complexity index is 1050. The van der Waals surface area contributed by atoms with Crippen molar-refractivity contribution in [2.24, 2.45) is 0 Å². The summed E-state index contributed by atoms with van der Waals surface area (Å²) in [5.41, 5.74) is 3.05. The highest BCUT2D eigenvalue weighted by Gasteiger charge is 2.17. The lowest BCUT2D eigenvalue weighted by molar-refractivity contribution is -0.138. The molecule has 0 spiro atoms. The first kappa shape index (κ1) is 23.2. The summed E-state index contributed by atoms with van der Waals surface area (Å²) in [5, 5.41) is 8.96. The quantitative estimate of drug-likeness (QED) is 0.459. The minimum atomic E-state index is -0.902. The summed E-state index contributed by atoms with van der Waals surface area (Å²) >= 11 is 0. The van der Waals surface area contributed by atoms with Gasteiger partial charge in [0.15, 0.2) is 5.78 Å². The number of likely N-dealkylation sites (N-methyl/N-ethyl adjacent to an activating group) is 1. The van der Waals surface area contributed by atoms with E-state index in [9.17, 15) is 14.0 Å². The van der Waals surface area contributed by atoms with Gasteiger partial charge >= 0.3 is 5.97 Å². The van der Waals surface area contributed by atoms with Gasteiger partial charge in [0.1, 0.15) is 17.7 Å². The van der Waals surface area contributed by atoms with E-state index in [1.54, 1.807) is 60.5 Å². The van der Waals surface area contributed by atoms with Gasteiger partial charge < -0.3 is 9.84 Å². The zero-order valence-corrected chi connectivity index (χ0v) is 18.1. The van der Waals surface area contributed by atoms with E-state index in [2.05, 4.69) is 0 Å². The van der Waals surface area contributed by atoms with E-state index in [1.807, 2.05) is 19.1 Å². The van der Waals surface area contributed by atoms with Crippen molar-refractivity contribution in [2.45, 2.75) is 19.4 Å². The first-order valence-corrected chi connectivity index (χ1v) is 10.4. The molecule has 0 aromatic heterocycles. The number of nitrogens with zero attached hydrogens (tertiary/aromatic N) is 1. The Kier molecular flexibility index (Phi) is 7.73. The number of hydrogen-bond donors (Lipinski definition) is 1. The van der Waals surface area contributed by atoms with E-state index in [0.29, 0.717) is 29.8 Å². The minimum absolute atomic E-state index is 0.0677. The summed E-state index contributed by atoms with van der Waals surface area (Å²) in [6.45, 7) is 2.38. The highest BCUT2D eigenvalue weighted by atomic mass is 19.1. The van der Waals surface area contributed by atoms with Gasteiger partial charge in [0.25, 0.3) is 0 Å². The molecule has 3 rings (SSSR count). The molecule has 0 aliphatic rings. The molecule has 0 saturated carbocycles. The van der Waals surface area contributed by atoms with Crippen molar-refractivity contribution in [3.8, 4) is 5.75 Å². The highest BCUT2D eigenvalue weighted by Crippen LogP contribution is 2.26. The average Bonchev–Trinajstić information content (AvgIpc) is 2.77. The van der Waals surface area contributed by atoms with Crippen LogP contribution in [-0.4, -0.2) is 41.9 Å². The van der Waals surface area contributed by atoms with Gasteiger partial charge in [-0.25, -0.2) is 4.39 Å². The van der Waals surface area contributed by atoms with Crippen LogP contribution in [0.25, 0.3) is 0 Å². The molecule has 166 valence electrons. The first-order chi connectivity index (χ1) is 15.3. The molecule has 6 heteroatoms. The number of hydrogen-bond acceptors (Lipinski definition) is 4. The third kappa shape index (κ3) is 6.49. The van der Waals surface area contributed by atoms with Crippen molar-refractivity contribution in [3.05, 3.63) is 101 Å². The zero-order valence-electron chi connectivity index (χ0n) is 18.1. The third-order valence-corrected chi connectivity index (χ3v) is 5.13. The van der Waals surface area contributed by atoms with Crippen molar-refractivity contribution in [1.29, 1.82) is 0 Å². The van der Waals surface area contributed by atoms with Gasteiger partial charge in [-0.05, 0) is 55.9 Å². The molecule has 0 saturated heterocycles. The average molecular weight is 435 g/mol. The molecule has 0 heterocycles. The van der Waals surface area contributed by atoms with Crippen LogP contribution in [0.5, 0.6) is 5.75 Å².